The van der Waals surface area contributed by atoms with Crippen molar-refractivity contribution in [2.75, 3.05) is 5.32 Å². The van der Waals surface area contributed by atoms with Crippen molar-refractivity contribution in [3.63, 3.8) is 0 Å². The smallest absolute Gasteiger partial charge is 0.165 e. The number of hydrogen-bond acceptors (Lipinski definition) is 4. The molecule has 0 bridgehead atoms. The largest absolute Gasteiger partial charge is 0.548 e. The molecule has 0 aromatic heterocycles. The van der Waals surface area contributed by atoms with E-state index < -0.39 is 12.0 Å². The molecule has 0 fully saturated rings. The molecule has 0 heterocycles. The van der Waals surface area contributed by atoms with Crippen LogP contribution in [0, 0.1) is 0 Å². The van der Waals surface area contributed by atoms with E-state index in [9.17, 15) is 14.7 Å². The Morgan fingerprint density at radius 1 is 0.950 bits per heavy atom. The van der Waals surface area contributed by atoms with Gasteiger partial charge in [0.25, 0.3) is 0 Å². The molecule has 2 aromatic carbocycles. The van der Waals surface area contributed by atoms with Crippen LogP contribution in [0.15, 0.2) is 60.7 Å². The molecular weight excluding hydrogens is 254 g/mol. The molecular formula is C16H14NO3-. The fourth-order valence-electron chi connectivity index (χ4n) is 1.86. The van der Waals surface area contributed by atoms with Crippen LogP contribution < -0.4 is 10.4 Å². The first-order valence-electron chi connectivity index (χ1n) is 6.27. The van der Waals surface area contributed by atoms with Crippen molar-refractivity contribution in [3.8, 4) is 0 Å². The van der Waals surface area contributed by atoms with E-state index in [0.717, 1.165) is 0 Å². The van der Waals surface area contributed by atoms with Gasteiger partial charge in [-0.15, -0.1) is 0 Å². The molecule has 2 rings (SSSR count). The molecule has 4 heteroatoms. The monoisotopic (exact) mass is 268 g/mol. The molecule has 20 heavy (non-hydrogen) atoms. The number of ketones is 1. The van der Waals surface area contributed by atoms with E-state index in [1.807, 2.05) is 6.07 Å². The molecule has 1 atom stereocenters. The topological polar surface area (TPSA) is 69.2 Å². The van der Waals surface area contributed by atoms with Gasteiger partial charge in [-0.05, 0) is 12.1 Å². The zero-order valence-electron chi connectivity index (χ0n) is 10.8. The molecule has 0 unspecified atom stereocenters. The highest BCUT2D eigenvalue weighted by Gasteiger charge is 2.16. The number of anilines is 1. The molecule has 0 spiro atoms. The van der Waals surface area contributed by atoms with Gasteiger partial charge in [0.05, 0.1) is 12.0 Å². The van der Waals surface area contributed by atoms with Crippen LogP contribution in [-0.2, 0) is 4.79 Å². The number of para-hydroxylation sites is 1. The Hall–Kier alpha value is -2.62. The van der Waals surface area contributed by atoms with Gasteiger partial charge in [-0.2, -0.15) is 0 Å². The average molecular weight is 268 g/mol. The van der Waals surface area contributed by atoms with Crippen LogP contribution in [0.4, 0.5) is 5.69 Å². The lowest BCUT2D eigenvalue weighted by Gasteiger charge is -2.20. The van der Waals surface area contributed by atoms with Gasteiger partial charge in [-0.25, -0.2) is 0 Å². The third-order valence-electron chi connectivity index (χ3n) is 2.88. The number of carbonyl (C=O) groups excluding carboxylic acids is 2. The second-order valence-electron chi connectivity index (χ2n) is 4.38. The van der Waals surface area contributed by atoms with Crippen LogP contribution in [0.5, 0.6) is 0 Å². The molecule has 0 saturated carbocycles. The number of carboxylic acids is 1. The predicted octanol–water partition coefficient (Wildman–Crippen LogP) is 1.49. The average Bonchev–Trinajstić information content (AvgIpc) is 2.48. The summed E-state index contributed by atoms with van der Waals surface area (Å²) in [5.74, 6) is -1.53. The SMILES string of the molecule is O=C(C[C@H](Nc1ccccc1)C(=O)[O-])c1ccccc1. The Morgan fingerprint density at radius 2 is 1.50 bits per heavy atom. The zero-order chi connectivity index (χ0) is 14.4. The van der Waals surface area contributed by atoms with E-state index in [-0.39, 0.29) is 12.2 Å². The normalized spacial score (nSPS) is 11.6. The summed E-state index contributed by atoms with van der Waals surface area (Å²) in [6.45, 7) is 0. The van der Waals surface area contributed by atoms with Crippen molar-refractivity contribution in [1.82, 2.24) is 0 Å². The van der Waals surface area contributed by atoms with E-state index in [2.05, 4.69) is 5.32 Å². The highest BCUT2D eigenvalue weighted by atomic mass is 16.4. The predicted molar refractivity (Wildman–Crippen MR) is 74.2 cm³/mol. The lowest BCUT2D eigenvalue weighted by Crippen LogP contribution is -2.42. The fourth-order valence-corrected chi connectivity index (χ4v) is 1.86. The number of aliphatic carboxylic acids is 1. The van der Waals surface area contributed by atoms with Gasteiger partial charge < -0.3 is 15.2 Å². The van der Waals surface area contributed by atoms with Gasteiger partial charge in [0, 0.05) is 17.7 Å². The first-order chi connectivity index (χ1) is 9.66. The summed E-state index contributed by atoms with van der Waals surface area (Å²) < 4.78 is 0. The van der Waals surface area contributed by atoms with Crippen LogP contribution in [-0.4, -0.2) is 17.8 Å². The molecule has 2 aromatic rings. The summed E-state index contributed by atoms with van der Waals surface area (Å²) in [6, 6.07) is 16.4. The van der Waals surface area contributed by atoms with Gasteiger partial charge in [-0.1, -0.05) is 48.5 Å². The van der Waals surface area contributed by atoms with E-state index in [4.69, 9.17) is 0 Å². The number of carbonyl (C=O) groups is 2. The molecule has 0 aliphatic heterocycles. The van der Waals surface area contributed by atoms with E-state index in [1.165, 1.54) is 0 Å². The molecule has 0 amide bonds. The molecule has 0 saturated heterocycles. The summed E-state index contributed by atoms with van der Waals surface area (Å²) in [5, 5.41) is 13.9. The van der Waals surface area contributed by atoms with Crippen molar-refractivity contribution in [2.24, 2.45) is 0 Å². The molecule has 1 N–H and O–H groups in total. The fraction of sp³-hybridized carbons (Fsp3) is 0.125. The van der Waals surface area contributed by atoms with Crippen molar-refractivity contribution in [2.45, 2.75) is 12.5 Å². The quantitative estimate of drug-likeness (QED) is 0.806. The first kappa shape index (κ1) is 13.8. The summed E-state index contributed by atoms with van der Waals surface area (Å²) in [6.07, 6.45) is -0.152. The zero-order valence-corrected chi connectivity index (χ0v) is 10.8. The van der Waals surface area contributed by atoms with Crippen molar-refractivity contribution in [3.05, 3.63) is 66.2 Å². The standard InChI is InChI=1S/C16H15NO3/c18-15(12-7-3-1-4-8-12)11-14(16(19)20)17-13-9-5-2-6-10-13/h1-10,14,17H,11H2,(H,19,20)/p-1/t14-/m0/s1. The van der Waals surface area contributed by atoms with Gasteiger partial charge in [0.2, 0.25) is 0 Å². The Labute approximate surface area is 117 Å². The lowest BCUT2D eigenvalue weighted by molar-refractivity contribution is -0.306. The van der Waals surface area contributed by atoms with Gasteiger partial charge >= 0.3 is 0 Å². The van der Waals surface area contributed by atoms with Gasteiger partial charge in [-0.3, -0.25) is 4.79 Å². The number of Topliss-reactive ketones (excluding diaryl/α,β-unsaturated/α-hetero) is 1. The maximum atomic E-state index is 12.0. The Kier molecular flexibility index (Phi) is 4.50. The third kappa shape index (κ3) is 3.68. The van der Waals surface area contributed by atoms with Crippen molar-refractivity contribution >= 4 is 17.4 Å². The number of nitrogens with one attached hydrogen (secondary N) is 1. The molecule has 0 radical (unpaired) electrons. The highest BCUT2D eigenvalue weighted by molar-refractivity contribution is 5.99. The van der Waals surface area contributed by atoms with Crippen LogP contribution in [0.1, 0.15) is 16.8 Å². The lowest BCUT2D eigenvalue weighted by atomic mass is 10.0. The second-order valence-corrected chi connectivity index (χ2v) is 4.38. The maximum Gasteiger partial charge on any atom is 0.165 e. The molecule has 0 aliphatic carbocycles. The van der Waals surface area contributed by atoms with Crippen molar-refractivity contribution < 1.29 is 14.7 Å². The van der Waals surface area contributed by atoms with Crippen LogP contribution in [0.3, 0.4) is 0 Å². The van der Waals surface area contributed by atoms with Crippen LogP contribution >= 0.6 is 0 Å². The van der Waals surface area contributed by atoms with Gasteiger partial charge in [0.15, 0.2) is 5.78 Å². The summed E-state index contributed by atoms with van der Waals surface area (Å²) in [4.78, 5) is 23.2. The number of benzene rings is 2. The Morgan fingerprint density at radius 3 is 2.05 bits per heavy atom. The minimum atomic E-state index is -1.29. The molecule has 102 valence electrons. The Bertz CT molecular complexity index is 581. The van der Waals surface area contributed by atoms with E-state index in [0.29, 0.717) is 11.3 Å². The molecule has 0 aliphatic rings. The van der Waals surface area contributed by atoms with Crippen LogP contribution in [0.2, 0.25) is 0 Å². The van der Waals surface area contributed by atoms with Crippen LogP contribution in [0.25, 0.3) is 0 Å². The second kappa shape index (κ2) is 6.52. The summed E-state index contributed by atoms with van der Waals surface area (Å²) in [5.41, 5.74) is 1.14. The first-order valence-corrected chi connectivity index (χ1v) is 6.27. The third-order valence-corrected chi connectivity index (χ3v) is 2.88. The maximum absolute atomic E-state index is 12.0. The number of hydrogen-bond donors (Lipinski definition) is 1. The minimum Gasteiger partial charge on any atom is -0.548 e. The molecule has 4 nitrogen and oxygen atoms in total. The Balaban J connectivity index is 2.07. The van der Waals surface area contributed by atoms with Crippen molar-refractivity contribution in [1.29, 1.82) is 0 Å². The number of carboxylic acid groups (broad SMARTS) is 1. The van der Waals surface area contributed by atoms with E-state index in [1.54, 1.807) is 54.6 Å². The van der Waals surface area contributed by atoms with E-state index >= 15 is 0 Å². The summed E-state index contributed by atoms with van der Waals surface area (Å²) in [7, 11) is 0. The highest BCUT2D eigenvalue weighted by Crippen LogP contribution is 2.11. The number of rotatable bonds is 6. The van der Waals surface area contributed by atoms with Gasteiger partial charge in [0.1, 0.15) is 0 Å². The minimum absolute atomic E-state index is 0.152. The summed E-state index contributed by atoms with van der Waals surface area (Å²) >= 11 is 0.